The van der Waals surface area contributed by atoms with E-state index in [1.165, 1.54) is 17.8 Å². The average Bonchev–Trinajstić information content (AvgIpc) is 2.99. The molecule has 2 atom stereocenters. The Morgan fingerprint density at radius 2 is 2.47 bits per heavy atom. The van der Waals surface area contributed by atoms with Crippen LogP contribution >= 0.6 is 34.7 Å². The van der Waals surface area contributed by atoms with Gasteiger partial charge in [-0.2, -0.15) is 11.8 Å². The van der Waals surface area contributed by atoms with E-state index in [1.54, 1.807) is 0 Å². The first-order valence-corrected chi connectivity index (χ1v) is 9.07. The first kappa shape index (κ1) is 15.1. The van der Waals surface area contributed by atoms with Gasteiger partial charge in [-0.25, -0.2) is 4.98 Å². The highest BCUT2D eigenvalue weighted by molar-refractivity contribution is 7.99. The van der Waals surface area contributed by atoms with E-state index in [9.17, 15) is 4.79 Å². The Morgan fingerprint density at radius 1 is 1.63 bits per heavy atom. The van der Waals surface area contributed by atoms with Gasteiger partial charge in [0.15, 0.2) is 0 Å². The summed E-state index contributed by atoms with van der Waals surface area (Å²) in [5, 5.41) is 6.61. The Labute approximate surface area is 127 Å². The number of alkyl halides is 1. The molecule has 1 heterocycles. The van der Waals surface area contributed by atoms with Crippen LogP contribution in [0.3, 0.4) is 0 Å². The lowest BCUT2D eigenvalue weighted by atomic mass is 10.2. The van der Waals surface area contributed by atoms with Crippen molar-refractivity contribution >= 4 is 40.6 Å². The molecule has 1 N–H and O–H groups in total. The quantitative estimate of drug-likeness (QED) is 0.819. The molecule has 2 rings (SSSR count). The highest BCUT2D eigenvalue weighted by Crippen LogP contribution is 2.29. The molecule has 0 saturated heterocycles. The van der Waals surface area contributed by atoms with E-state index in [0.717, 1.165) is 34.5 Å². The predicted octanol–water partition coefficient (Wildman–Crippen LogP) is 3.21. The molecule has 0 radical (unpaired) electrons. The van der Waals surface area contributed by atoms with Crippen molar-refractivity contribution in [3.8, 4) is 0 Å². The molecule has 2 unspecified atom stereocenters. The van der Waals surface area contributed by atoms with Gasteiger partial charge in [-0.15, -0.1) is 22.9 Å². The second-order valence-corrected chi connectivity index (χ2v) is 7.49. The number of carbonyl (C=O) groups is 1. The number of thioether (sulfide) groups is 1. The monoisotopic (exact) mass is 318 g/mol. The number of thiazole rings is 1. The molecule has 3 nitrogen and oxygen atoms in total. The Bertz CT molecular complexity index is 425. The van der Waals surface area contributed by atoms with Crippen LogP contribution in [-0.2, 0) is 17.1 Å². The molecule has 1 aliphatic carbocycles. The molecule has 6 heteroatoms. The summed E-state index contributed by atoms with van der Waals surface area (Å²) >= 11 is 9.21. The fourth-order valence-corrected chi connectivity index (χ4v) is 4.53. The van der Waals surface area contributed by atoms with E-state index in [4.69, 9.17) is 11.6 Å². The van der Waals surface area contributed by atoms with Crippen LogP contribution in [0.15, 0.2) is 5.38 Å². The van der Waals surface area contributed by atoms with E-state index in [2.05, 4.69) is 17.2 Å². The largest absolute Gasteiger partial charge is 0.353 e. The first-order valence-electron chi connectivity index (χ1n) is 6.61. The van der Waals surface area contributed by atoms with E-state index >= 15 is 0 Å². The first-order chi connectivity index (χ1) is 9.21. The molecule has 1 saturated carbocycles. The van der Waals surface area contributed by atoms with Crippen LogP contribution in [0.5, 0.6) is 0 Å². The molecular formula is C13H19ClN2OS2. The number of hydrogen-bond donors (Lipinski definition) is 1. The minimum atomic E-state index is 0.0858. The molecule has 0 spiro atoms. The fourth-order valence-electron chi connectivity index (χ4n) is 2.37. The normalized spacial score (nSPS) is 22.6. The number of halogens is 1. The summed E-state index contributed by atoms with van der Waals surface area (Å²) in [7, 11) is 0. The molecule has 1 aromatic heterocycles. The highest BCUT2D eigenvalue weighted by Gasteiger charge is 2.25. The van der Waals surface area contributed by atoms with Gasteiger partial charge in [0.2, 0.25) is 5.91 Å². The lowest BCUT2D eigenvalue weighted by Gasteiger charge is -2.12. The Kier molecular flexibility index (Phi) is 5.98. The van der Waals surface area contributed by atoms with Crippen LogP contribution in [-0.4, -0.2) is 27.9 Å². The number of aromatic nitrogens is 1. The topological polar surface area (TPSA) is 42.0 Å². The molecule has 1 fully saturated rings. The maximum atomic E-state index is 11.9. The van der Waals surface area contributed by atoms with Crippen molar-refractivity contribution in [1.82, 2.24) is 10.3 Å². The third-order valence-corrected chi connectivity index (χ3v) is 5.60. The Hall–Kier alpha value is -0.260. The van der Waals surface area contributed by atoms with Gasteiger partial charge in [-0.3, -0.25) is 4.79 Å². The van der Waals surface area contributed by atoms with E-state index in [0.29, 0.717) is 18.3 Å². The molecular weight excluding hydrogens is 300 g/mol. The van der Waals surface area contributed by atoms with Crippen molar-refractivity contribution in [3.05, 3.63) is 16.1 Å². The maximum absolute atomic E-state index is 11.9. The van der Waals surface area contributed by atoms with Gasteiger partial charge in [0.05, 0.1) is 18.0 Å². The van der Waals surface area contributed by atoms with Crippen LogP contribution in [0.1, 0.15) is 36.9 Å². The number of nitrogens with one attached hydrogen (secondary N) is 1. The van der Waals surface area contributed by atoms with Crippen LogP contribution in [0.4, 0.5) is 0 Å². The third kappa shape index (κ3) is 4.65. The van der Waals surface area contributed by atoms with Crippen molar-refractivity contribution in [2.45, 2.75) is 49.8 Å². The minimum absolute atomic E-state index is 0.0858. The number of nitrogens with zero attached hydrogens (tertiary/aromatic N) is 1. The zero-order chi connectivity index (χ0) is 13.7. The Balaban J connectivity index is 1.75. The van der Waals surface area contributed by atoms with E-state index in [-0.39, 0.29) is 5.91 Å². The molecule has 19 heavy (non-hydrogen) atoms. The van der Waals surface area contributed by atoms with Crippen molar-refractivity contribution in [2.24, 2.45) is 0 Å². The van der Waals surface area contributed by atoms with Crippen LogP contribution in [0.2, 0.25) is 0 Å². The number of amides is 1. The molecule has 0 aliphatic heterocycles. The number of carbonyl (C=O) groups excluding carboxylic acids is 1. The van der Waals surface area contributed by atoms with Crippen LogP contribution < -0.4 is 5.32 Å². The summed E-state index contributed by atoms with van der Waals surface area (Å²) in [5.74, 6) is 1.66. The zero-order valence-electron chi connectivity index (χ0n) is 11.0. The number of hydrogen-bond acceptors (Lipinski definition) is 4. The summed E-state index contributed by atoms with van der Waals surface area (Å²) in [6, 6.07) is 0.351. The standard InChI is InChI=1S/C13H19ClN2OS2/c1-2-18-11-4-3-9(5-11)15-12(17)6-13-16-10(7-14)8-19-13/h8-9,11H,2-7H2,1H3,(H,15,17). The Morgan fingerprint density at radius 3 is 3.16 bits per heavy atom. The zero-order valence-corrected chi connectivity index (χ0v) is 13.4. The second kappa shape index (κ2) is 7.50. The highest BCUT2D eigenvalue weighted by atomic mass is 35.5. The molecule has 1 aromatic rings. The second-order valence-electron chi connectivity index (χ2n) is 4.70. The van der Waals surface area contributed by atoms with Gasteiger partial charge in [-0.1, -0.05) is 6.92 Å². The average molecular weight is 319 g/mol. The van der Waals surface area contributed by atoms with Crippen molar-refractivity contribution < 1.29 is 4.79 Å². The third-order valence-electron chi connectivity index (χ3n) is 3.20. The van der Waals surface area contributed by atoms with Crippen LogP contribution in [0, 0.1) is 0 Å². The summed E-state index contributed by atoms with van der Waals surface area (Å²) in [6.07, 6.45) is 3.81. The summed E-state index contributed by atoms with van der Waals surface area (Å²) in [6.45, 7) is 2.19. The summed E-state index contributed by atoms with van der Waals surface area (Å²) < 4.78 is 0. The minimum Gasteiger partial charge on any atom is -0.353 e. The lowest BCUT2D eigenvalue weighted by Crippen LogP contribution is -2.34. The van der Waals surface area contributed by atoms with Gasteiger partial charge in [0, 0.05) is 16.7 Å². The summed E-state index contributed by atoms with van der Waals surface area (Å²) in [4.78, 5) is 16.3. The molecule has 1 aliphatic rings. The van der Waals surface area contributed by atoms with Gasteiger partial charge in [0.1, 0.15) is 5.01 Å². The van der Waals surface area contributed by atoms with Gasteiger partial charge in [0.25, 0.3) is 0 Å². The van der Waals surface area contributed by atoms with Crippen molar-refractivity contribution in [3.63, 3.8) is 0 Å². The van der Waals surface area contributed by atoms with Crippen molar-refractivity contribution in [1.29, 1.82) is 0 Å². The van der Waals surface area contributed by atoms with Gasteiger partial charge >= 0.3 is 0 Å². The fraction of sp³-hybridized carbons (Fsp3) is 0.692. The maximum Gasteiger partial charge on any atom is 0.227 e. The van der Waals surface area contributed by atoms with Crippen molar-refractivity contribution in [2.75, 3.05) is 5.75 Å². The summed E-state index contributed by atoms with van der Waals surface area (Å²) in [5.41, 5.74) is 0.856. The SMILES string of the molecule is CCSC1CCC(NC(=O)Cc2nc(CCl)cs2)C1. The van der Waals surface area contributed by atoms with Crippen LogP contribution in [0.25, 0.3) is 0 Å². The van der Waals surface area contributed by atoms with E-state index < -0.39 is 0 Å². The predicted molar refractivity (Wildman–Crippen MR) is 83.1 cm³/mol. The molecule has 106 valence electrons. The molecule has 0 aromatic carbocycles. The van der Waals surface area contributed by atoms with Gasteiger partial charge in [-0.05, 0) is 25.0 Å². The lowest BCUT2D eigenvalue weighted by molar-refractivity contribution is -0.121. The molecule has 0 bridgehead atoms. The van der Waals surface area contributed by atoms with E-state index in [1.807, 2.05) is 17.1 Å². The number of rotatable bonds is 6. The van der Waals surface area contributed by atoms with Gasteiger partial charge < -0.3 is 5.32 Å². The molecule has 1 amide bonds. The smallest absolute Gasteiger partial charge is 0.227 e.